The Morgan fingerprint density at radius 1 is 1.53 bits per heavy atom. The van der Waals surface area contributed by atoms with Gasteiger partial charge < -0.3 is 10.1 Å². The molecule has 2 rings (SSSR count). The summed E-state index contributed by atoms with van der Waals surface area (Å²) in [5, 5.41) is 2.79. The van der Waals surface area contributed by atoms with Crippen LogP contribution < -0.4 is 21.3 Å². The van der Waals surface area contributed by atoms with Crippen LogP contribution in [0, 0.1) is 0 Å². The van der Waals surface area contributed by atoms with Crippen LogP contribution >= 0.6 is 0 Å². The Morgan fingerprint density at radius 2 is 2.32 bits per heavy atom. The van der Waals surface area contributed by atoms with Crippen LogP contribution in [0.3, 0.4) is 0 Å². The van der Waals surface area contributed by atoms with Crippen molar-refractivity contribution in [2.24, 2.45) is 5.84 Å². The van der Waals surface area contributed by atoms with Crippen molar-refractivity contribution < 1.29 is 14.3 Å². The van der Waals surface area contributed by atoms with Crippen molar-refractivity contribution >= 4 is 17.5 Å². The molecule has 1 aliphatic rings. The van der Waals surface area contributed by atoms with Crippen molar-refractivity contribution in [1.82, 2.24) is 5.43 Å². The number of carbonyl (C=O) groups is 2. The predicted octanol–water partition coefficient (Wildman–Crippen LogP) is 0.719. The van der Waals surface area contributed by atoms with E-state index in [1.54, 1.807) is 12.1 Å². The number of fused-ring (bicyclic) bond motifs is 1. The first-order chi connectivity index (χ1) is 9.13. The van der Waals surface area contributed by atoms with Crippen molar-refractivity contribution in [2.75, 3.05) is 5.32 Å². The molecular weight excluding hydrogens is 246 g/mol. The minimum absolute atomic E-state index is 0.0233. The van der Waals surface area contributed by atoms with Crippen molar-refractivity contribution in [1.29, 1.82) is 0 Å². The van der Waals surface area contributed by atoms with Crippen LogP contribution in [0.5, 0.6) is 5.75 Å². The number of rotatable bonds is 4. The zero-order valence-corrected chi connectivity index (χ0v) is 10.7. The number of ether oxygens (including phenoxy) is 1. The topological polar surface area (TPSA) is 93.4 Å². The van der Waals surface area contributed by atoms with Crippen LogP contribution in [0.1, 0.15) is 25.3 Å². The van der Waals surface area contributed by atoms with Gasteiger partial charge in [-0.25, -0.2) is 5.84 Å². The summed E-state index contributed by atoms with van der Waals surface area (Å²) in [6.45, 7) is 1.85. The first-order valence-corrected chi connectivity index (χ1v) is 6.24. The molecule has 0 fully saturated rings. The normalized spacial score (nSPS) is 15.2. The molecule has 1 heterocycles. The van der Waals surface area contributed by atoms with Gasteiger partial charge in [0.05, 0.1) is 0 Å². The summed E-state index contributed by atoms with van der Waals surface area (Å²) in [6.07, 6.45) is 1.06. The molecule has 2 amide bonds. The van der Waals surface area contributed by atoms with Gasteiger partial charge in [-0.05, 0) is 36.6 Å². The van der Waals surface area contributed by atoms with Gasteiger partial charge in [0.2, 0.25) is 5.91 Å². The van der Waals surface area contributed by atoms with E-state index >= 15 is 0 Å². The molecule has 1 atom stereocenters. The SMILES string of the molecule is CCC(Oc1ccc2c(c1)CCC(=O)N2)C(=O)NN. The van der Waals surface area contributed by atoms with E-state index < -0.39 is 6.10 Å². The zero-order valence-electron chi connectivity index (χ0n) is 10.7. The molecule has 0 bridgehead atoms. The third kappa shape index (κ3) is 3.03. The minimum Gasteiger partial charge on any atom is -0.481 e. The summed E-state index contributed by atoms with van der Waals surface area (Å²) in [5.74, 6) is 5.37. The number of anilines is 1. The Balaban J connectivity index is 2.14. The van der Waals surface area contributed by atoms with Gasteiger partial charge in [0, 0.05) is 12.1 Å². The highest BCUT2D eigenvalue weighted by Gasteiger charge is 2.19. The molecule has 0 spiro atoms. The van der Waals surface area contributed by atoms with Gasteiger partial charge >= 0.3 is 0 Å². The number of nitrogens with one attached hydrogen (secondary N) is 2. The Kier molecular flexibility index (Phi) is 4.01. The number of carbonyl (C=O) groups excluding carboxylic acids is 2. The molecule has 0 aliphatic carbocycles. The molecule has 0 saturated carbocycles. The van der Waals surface area contributed by atoms with Crippen LogP contribution in [0.4, 0.5) is 5.69 Å². The fraction of sp³-hybridized carbons (Fsp3) is 0.385. The maximum absolute atomic E-state index is 11.5. The first-order valence-electron chi connectivity index (χ1n) is 6.24. The lowest BCUT2D eigenvalue weighted by Gasteiger charge is -2.20. The molecule has 102 valence electrons. The van der Waals surface area contributed by atoms with Crippen LogP contribution in [-0.2, 0) is 16.0 Å². The van der Waals surface area contributed by atoms with Crippen molar-refractivity contribution in [2.45, 2.75) is 32.3 Å². The highest BCUT2D eigenvalue weighted by Crippen LogP contribution is 2.27. The molecule has 1 aromatic rings. The summed E-state index contributed by atoms with van der Waals surface area (Å²) in [7, 11) is 0. The number of hydrogen-bond acceptors (Lipinski definition) is 4. The lowest BCUT2D eigenvalue weighted by Crippen LogP contribution is -2.41. The molecule has 4 N–H and O–H groups in total. The lowest BCUT2D eigenvalue weighted by atomic mass is 10.0. The molecule has 1 aromatic carbocycles. The summed E-state index contributed by atoms with van der Waals surface area (Å²) >= 11 is 0. The fourth-order valence-corrected chi connectivity index (χ4v) is 2.01. The third-order valence-electron chi connectivity index (χ3n) is 3.06. The number of hydrazine groups is 1. The second-order valence-corrected chi connectivity index (χ2v) is 4.39. The van der Waals surface area contributed by atoms with Gasteiger partial charge in [-0.3, -0.25) is 15.0 Å². The predicted molar refractivity (Wildman–Crippen MR) is 70.4 cm³/mol. The van der Waals surface area contributed by atoms with Gasteiger partial charge in [0.25, 0.3) is 5.91 Å². The number of benzene rings is 1. The maximum Gasteiger partial charge on any atom is 0.274 e. The van der Waals surface area contributed by atoms with Crippen molar-refractivity contribution in [3.63, 3.8) is 0 Å². The molecule has 1 aliphatic heterocycles. The van der Waals surface area contributed by atoms with Crippen molar-refractivity contribution in [3.05, 3.63) is 23.8 Å². The fourth-order valence-electron chi connectivity index (χ4n) is 2.01. The number of hydrogen-bond donors (Lipinski definition) is 3. The van der Waals surface area contributed by atoms with Gasteiger partial charge in [-0.2, -0.15) is 0 Å². The van der Waals surface area contributed by atoms with Crippen LogP contribution in [0.2, 0.25) is 0 Å². The van der Waals surface area contributed by atoms with Gasteiger partial charge in [-0.1, -0.05) is 6.92 Å². The Morgan fingerprint density at radius 3 is 3.00 bits per heavy atom. The van der Waals surface area contributed by atoms with E-state index in [1.165, 1.54) is 0 Å². The minimum atomic E-state index is -0.610. The Hall–Kier alpha value is -2.08. The summed E-state index contributed by atoms with van der Waals surface area (Å²) in [4.78, 5) is 22.7. The van der Waals surface area contributed by atoms with E-state index in [1.807, 2.05) is 13.0 Å². The smallest absolute Gasteiger partial charge is 0.274 e. The summed E-state index contributed by atoms with van der Waals surface area (Å²) in [6, 6.07) is 5.37. The van der Waals surface area contributed by atoms with E-state index in [4.69, 9.17) is 10.6 Å². The molecule has 0 radical (unpaired) electrons. The van der Waals surface area contributed by atoms with Gasteiger partial charge in [0.1, 0.15) is 5.75 Å². The zero-order chi connectivity index (χ0) is 13.8. The van der Waals surface area contributed by atoms with E-state index in [0.29, 0.717) is 25.0 Å². The highest BCUT2D eigenvalue weighted by molar-refractivity contribution is 5.94. The first kappa shape index (κ1) is 13.4. The molecule has 6 nitrogen and oxygen atoms in total. The average Bonchev–Trinajstić information content (AvgIpc) is 2.44. The molecule has 0 saturated heterocycles. The molecule has 1 unspecified atom stereocenters. The highest BCUT2D eigenvalue weighted by atomic mass is 16.5. The summed E-state index contributed by atoms with van der Waals surface area (Å²) in [5.41, 5.74) is 3.90. The molecule has 19 heavy (non-hydrogen) atoms. The molecule has 0 aromatic heterocycles. The van der Waals surface area contributed by atoms with Crippen LogP contribution in [0.15, 0.2) is 18.2 Å². The van der Waals surface area contributed by atoms with Gasteiger partial charge in [0.15, 0.2) is 6.10 Å². The number of aryl methyl sites for hydroxylation is 1. The van der Waals surface area contributed by atoms with E-state index in [9.17, 15) is 9.59 Å². The largest absolute Gasteiger partial charge is 0.481 e. The quantitative estimate of drug-likeness (QED) is 0.424. The van der Waals surface area contributed by atoms with Crippen LogP contribution in [-0.4, -0.2) is 17.9 Å². The van der Waals surface area contributed by atoms with Crippen molar-refractivity contribution in [3.8, 4) is 5.75 Å². The Bertz CT molecular complexity index is 502. The number of nitrogens with two attached hydrogens (primary N) is 1. The summed E-state index contributed by atoms with van der Waals surface area (Å²) < 4.78 is 5.60. The second-order valence-electron chi connectivity index (χ2n) is 4.39. The molecule has 6 heteroatoms. The number of amides is 2. The lowest BCUT2D eigenvalue weighted by molar-refractivity contribution is -0.128. The maximum atomic E-state index is 11.5. The van der Waals surface area contributed by atoms with E-state index in [2.05, 4.69) is 10.7 Å². The average molecular weight is 263 g/mol. The van der Waals surface area contributed by atoms with Gasteiger partial charge in [-0.15, -0.1) is 0 Å². The third-order valence-corrected chi connectivity index (χ3v) is 3.06. The molecular formula is C13H17N3O3. The standard InChI is InChI=1S/C13H17N3O3/c1-2-11(13(18)16-14)19-9-4-5-10-8(7-9)3-6-12(17)15-10/h4-5,7,11H,2-3,6,14H2,1H3,(H,15,17)(H,16,18). The Labute approximate surface area is 111 Å². The second kappa shape index (κ2) is 5.71. The van der Waals surface area contributed by atoms with E-state index in [0.717, 1.165) is 11.3 Å². The van der Waals surface area contributed by atoms with Crippen LogP contribution in [0.25, 0.3) is 0 Å². The van der Waals surface area contributed by atoms with E-state index in [-0.39, 0.29) is 11.8 Å². The monoisotopic (exact) mass is 263 g/mol.